The van der Waals surface area contributed by atoms with Gasteiger partial charge in [-0.2, -0.15) is 0 Å². The van der Waals surface area contributed by atoms with Crippen LogP contribution in [0.25, 0.3) is 10.9 Å². The highest BCUT2D eigenvalue weighted by Crippen LogP contribution is 2.35. The summed E-state index contributed by atoms with van der Waals surface area (Å²) >= 11 is 5.52. The molecule has 1 heterocycles. The van der Waals surface area contributed by atoms with Gasteiger partial charge in [-0.3, -0.25) is 19.4 Å². The number of pyridine rings is 1. The molecule has 4 aromatic rings. The molecule has 0 saturated carbocycles. The number of methoxy groups -OCH3 is 1. The highest BCUT2D eigenvalue weighted by atomic mass is 32.1. The van der Waals surface area contributed by atoms with E-state index in [1.54, 1.807) is 26.2 Å². The monoisotopic (exact) mass is 603 g/mol. The van der Waals surface area contributed by atoms with Crippen molar-refractivity contribution >= 4 is 51.6 Å². The Bertz CT molecular complexity index is 1680. The minimum absolute atomic E-state index is 0.0219. The van der Waals surface area contributed by atoms with Gasteiger partial charge in [-0.25, -0.2) is 4.39 Å². The zero-order valence-corrected chi connectivity index (χ0v) is 24.6. The molecule has 222 valence electrons. The molecule has 3 aromatic carbocycles. The van der Waals surface area contributed by atoms with Crippen molar-refractivity contribution in [1.29, 1.82) is 0 Å². The standard InChI is InChI=1S/C31H30FN5O5S/c1-36(2)29(39)12-14-37(31(43)35-28(38)15-19-7-5-4-6-8-19)20-9-10-26(23(32)16-20)42-25-11-13-34-24-18-27(41-3)22(30(33)40)17-21(24)25/h4-11,13,16-18H,12,14-15H2,1-3H3,(H2,33,40)(H,35,38,43). The lowest BCUT2D eigenvalue weighted by Gasteiger charge is -2.26. The lowest BCUT2D eigenvalue weighted by Crippen LogP contribution is -2.44. The van der Waals surface area contributed by atoms with Crippen LogP contribution in [0.3, 0.4) is 0 Å². The normalized spacial score (nSPS) is 10.6. The lowest BCUT2D eigenvalue weighted by molar-refractivity contribution is -0.128. The molecule has 0 aliphatic rings. The fourth-order valence-corrected chi connectivity index (χ4v) is 4.56. The van der Waals surface area contributed by atoms with Gasteiger partial charge in [0.25, 0.3) is 5.91 Å². The maximum atomic E-state index is 15.5. The molecule has 43 heavy (non-hydrogen) atoms. The number of thiocarbonyl (C=S) groups is 1. The molecule has 0 aliphatic carbocycles. The second-order valence-electron chi connectivity index (χ2n) is 9.67. The first-order valence-corrected chi connectivity index (χ1v) is 13.6. The molecule has 1 aromatic heterocycles. The van der Waals surface area contributed by atoms with Crippen molar-refractivity contribution in [2.45, 2.75) is 12.8 Å². The Morgan fingerprint density at radius 2 is 1.74 bits per heavy atom. The number of rotatable bonds is 10. The van der Waals surface area contributed by atoms with Crippen LogP contribution in [0.4, 0.5) is 10.1 Å². The minimum Gasteiger partial charge on any atom is -0.496 e. The van der Waals surface area contributed by atoms with E-state index in [0.717, 1.165) is 5.56 Å². The predicted octanol–water partition coefficient (Wildman–Crippen LogP) is 4.20. The van der Waals surface area contributed by atoms with Crippen LogP contribution in [0.2, 0.25) is 0 Å². The van der Waals surface area contributed by atoms with Crippen molar-refractivity contribution in [3.63, 3.8) is 0 Å². The smallest absolute Gasteiger partial charge is 0.252 e. The summed E-state index contributed by atoms with van der Waals surface area (Å²) in [5.74, 6) is -1.58. The number of aromatic nitrogens is 1. The van der Waals surface area contributed by atoms with Crippen LogP contribution in [0.1, 0.15) is 22.3 Å². The van der Waals surface area contributed by atoms with Gasteiger partial charge in [-0.05, 0) is 42.0 Å². The second kappa shape index (κ2) is 13.7. The zero-order chi connectivity index (χ0) is 31.1. The van der Waals surface area contributed by atoms with E-state index in [1.807, 2.05) is 30.3 Å². The molecular formula is C31H30FN5O5S. The molecule has 0 saturated heterocycles. The Balaban J connectivity index is 1.60. The summed E-state index contributed by atoms with van der Waals surface area (Å²) in [4.78, 5) is 44.2. The third-order valence-electron chi connectivity index (χ3n) is 6.48. The van der Waals surface area contributed by atoms with Gasteiger partial charge in [0.05, 0.1) is 24.6 Å². The van der Waals surface area contributed by atoms with Crippen molar-refractivity contribution in [2.75, 3.05) is 32.6 Å². The van der Waals surface area contributed by atoms with Crippen molar-refractivity contribution < 1.29 is 28.2 Å². The van der Waals surface area contributed by atoms with E-state index in [9.17, 15) is 14.4 Å². The van der Waals surface area contributed by atoms with Crippen LogP contribution in [0.5, 0.6) is 17.2 Å². The van der Waals surface area contributed by atoms with Crippen molar-refractivity contribution in [3.8, 4) is 17.2 Å². The summed E-state index contributed by atoms with van der Waals surface area (Å²) in [5, 5.41) is 3.13. The number of anilines is 1. The molecule has 3 amide bonds. The highest BCUT2D eigenvalue weighted by Gasteiger charge is 2.20. The number of ether oxygens (including phenoxy) is 2. The molecular weight excluding hydrogens is 573 g/mol. The van der Waals surface area contributed by atoms with Gasteiger partial charge in [0, 0.05) is 56.5 Å². The number of nitrogens with one attached hydrogen (secondary N) is 1. The third-order valence-corrected chi connectivity index (χ3v) is 6.80. The fourth-order valence-electron chi connectivity index (χ4n) is 4.25. The molecule has 3 N–H and O–H groups in total. The first kappa shape index (κ1) is 30.8. The van der Waals surface area contributed by atoms with Gasteiger partial charge in [0.1, 0.15) is 11.5 Å². The van der Waals surface area contributed by atoms with Gasteiger partial charge >= 0.3 is 0 Å². The van der Waals surface area contributed by atoms with Crippen molar-refractivity contribution in [3.05, 3.63) is 89.9 Å². The lowest BCUT2D eigenvalue weighted by atomic mass is 10.1. The van der Waals surface area contributed by atoms with Gasteiger partial charge in [-0.15, -0.1) is 0 Å². The molecule has 0 unspecified atom stereocenters. The van der Waals surface area contributed by atoms with Crippen LogP contribution in [0, 0.1) is 5.82 Å². The molecule has 0 fully saturated rings. The van der Waals surface area contributed by atoms with E-state index in [1.165, 1.54) is 47.4 Å². The van der Waals surface area contributed by atoms with E-state index in [4.69, 9.17) is 27.4 Å². The number of amides is 3. The Morgan fingerprint density at radius 1 is 1.00 bits per heavy atom. The SMILES string of the molecule is COc1cc2nccc(Oc3ccc(N(CCC(=O)N(C)C)C(=S)NC(=O)Cc4ccccc4)cc3F)c2cc1C(N)=O. The Kier molecular flexibility index (Phi) is 9.83. The highest BCUT2D eigenvalue weighted by molar-refractivity contribution is 7.80. The van der Waals surface area contributed by atoms with Crippen LogP contribution < -0.4 is 25.4 Å². The summed E-state index contributed by atoms with van der Waals surface area (Å²) in [5.41, 5.74) is 7.18. The number of hydrogen-bond donors (Lipinski definition) is 2. The van der Waals surface area contributed by atoms with E-state index < -0.39 is 11.7 Å². The van der Waals surface area contributed by atoms with E-state index in [2.05, 4.69) is 10.3 Å². The minimum atomic E-state index is -0.728. The summed E-state index contributed by atoms with van der Waals surface area (Å²) < 4.78 is 26.6. The summed E-state index contributed by atoms with van der Waals surface area (Å²) in [6.07, 6.45) is 1.64. The average molecular weight is 604 g/mol. The van der Waals surface area contributed by atoms with Crippen LogP contribution in [-0.2, 0) is 16.0 Å². The number of carbonyl (C=O) groups is 3. The quantitative estimate of drug-likeness (QED) is 0.258. The molecule has 0 atom stereocenters. The van der Waals surface area contributed by atoms with E-state index in [0.29, 0.717) is 16.6 Å². The van der Waals surface area contributed by atoms with E-state index in [-0.39, 0.29) is 59.1 Å². The maximum Gasteiger partial charge on any atom is 0.252 e. The molecule has 0 aliphatic heterocycles. The average Bonchev–Trinajstić information content (AvgIpc) is 2.98. The van der Waals surface area contributed by atoms with Crippen LogP contribution in [-0.4, -0.2) is 60.5 Å². The largest absolute Gasteiger partial charge is 0.496 e. The molecule has 0 spiro atoms. The number of hydrogen-bond acceptors (Lipinski definition) is 7. The first-order chi connectivity index (χ1) is 20.6. The molecule has 10 nitrogen and oxygen atoms in total. The van der Waals surface area contributed by atoms with Crippen molar-refractivity contribution in [2.24, 2.45) is 5.73 Å². The number of halogens is 1. The van der Waals surface area contributed by atoms with Crippen LogP contribution in [0.15, 0.2) is 72.9 Å². The number of nitrogens with zero attached hydrogens (tertiary/aromatic N) is 3. The Labute approximate surface area is 253 Å². The fraction of sp³-hybridized carbons (Fsp3) is 0.194. The molecule has 0 radical (unpaired) electrons. The maximum absolute atomic E-state index is 15.5. The van der Waals surface area contributed by atoms with E-state index >= 15 is 4.39 Å². The number of nitrogens with two attached hydrogens (primary N) is 1. The second-order valence-corrected chi connectivity index (χ2v) is 10.1. The third kappa shape index (κ3) is 7.60. The topological polar surface area (TPSA) is 127 Å². The number of carbonyl (C=O) groups excluding carboxylic acids is 3. The van der Waals surface area contributed by atoms with Gasteiger partial charge in [-0.1, -0.05) is 30.3 Å². The van der Waals surface area contributed by atoms with Gasteiger partial charge < -0.3 is 30.3 Å². The van der Waals surface area contributed by atoms with Gasteiger partial charge in [0.2, 0.25) is 11.8 Å². The molecule has 12 heteroatoms. The summed E-state index contributed by atoms with van der Waals surface area (Å²) in [6, 6.07) is 17.9. The zero-order valence-electron chi connectivity index (χ0n) is 23.8. The number of primary amides is 1. The van der Waals surface area contributed by atoms with Crippen LogP contribution >= 0.6 is 12.2 Å². The summed E-state index contributed by atoms with van der Waals surface area (Å²) in [7, 11) is 4.67. The molecule has 0 bridgehead atoms. The number of fused-ring (bicyclic) bond motifs is 1. The van der Waals surface area contributed by atoms with Crippen molar-refractivity contribution in [1.82, 2.24) is 15.2 Å². The summed E-state index contributed by atoms with van der Waals surface area (Å²) in [6.45, 7) is 0.0911. The number of benzene rings is 3. The Hall–Kier alpha value is -5.10. The van der Waals surface area contributed by atoms with Gasteiger partial charge in [0.15, 0.2) is 16.7 Å². The molecule has 4 rings (SSSR count). The first-order valence-electron chi connectivity index (χ1n) is 13.2. The predicted molar refractivity (Wildman–Crippen MR) is 165 cm³/mol. The Morgan fingerprint density at radius 3 is 2.40 bits per heavy atom.